The van der Waals surface area contributed by atoms with Crippen LogP contribution in [0, 0.1) is 0 Å². The van der Waals surface area contributed by atoms with E-state index in [2.05, 4.69) is 38.2 Å². The van der Waals surface area contributed by atoms with E-state index in [0.717, 1.165) is 53.8 Å². The summed E-state index contributed by atoms with van der Waals surface area (Å²) in [5, 5.41) is 4.96. The van der Waals surface area contributed by atoms with Gasteiger partial charge in [-0.05, 0) is 49.3 Å². The molecule has 1 fully saturated rings. The monoisotopic (exact) mass is 448 g/mol. The van der Waals surface area contributed by atoms with E-state index in [1.54, 1.807) is 36.0 Å². The molecule has 3 aromatic rings. The zero-order valence-corrected chi connectivity index (χ0v) is 18.9. The van der Waals surface area contributed by atoms with Gasteiger partial charge in [0.2, 0.25) is 0 Å². The van der Waals surface area contributed by atoms with Crippen LogP contribution in [0.15, 0.2) is 54.3 Å². The minimum atomic E-state index is -0.180. The molecule has 7 nitrogen and oxygen atoms in total. The second-order valence-corrected chi connectivity index (χ2v) is 8.69. The molecule has 3 aromatic heterocycles. The number of piperidine rings is 1. The number of anilines is 1. The molecule has 166 valence electrons. The molecule has 1 amide bonds. The van der Waals surface area contributed by atoms with Gasteiger partial charge in [-0.2, -0.15) is 0 Å². The first kappa shape index (κ1) is 22.0. The Hall–Kier alpha value is -3.26. The number of aromatic amines is 1. The van der Waals surface area contributed by atoms with Gasteiger partial charge in [0, 0.05) is 44.0 Å². The number of carbonyl (C=O) groups excluding carboxylic acids is 1. The van der Waals surface area contributed by atoms with Crippen molar-refractivity contribution in [1.29, 1.82) is 0 Å². The number of thiophene rings is 1. The molecule has 8 heteroatoms. The Morgan fingerprint density at radius 3 is 2.91 bits per heavy atom. The molecular formula is C24H28N6OS. The summed E-state index contributed by atoms with van der Waals surface area (Å²) in [5.41, 5.74) is 2.04. The van der Waals surface area contributed by atoms with Crippen LogP contribution >= 0.6 is 11.3 Å². The minimum absolute atomic E-state index is 0.180. The number of nitrogens with one attached hydrogen (secondary N) is 2. The summed E-state index contributed by atoms with van der Waals surface area (Å²) in [6.45, 7) is 6.45. The summed E-state index contributed by atoms with van der Waals surface area (Å²) in [4.78, 5) is 32.6. The zero-order chi connectivity index (χ0) is 22.2. The van der Waals surface area contributed by atoms with Crippen LogP contribution in [0.3, 0.4) is 0 Å². The third kappa shape index (κ3) is 5.70. The standard InChI is InChI=1S/C24H28N6OS/c1-18(24(31)27-11-5-8-21-25-12-13-26-21)9-10-19-17-28-22(20-7-6-16-32-20)23(29-19)30-14-3-2-4-15-30/h6-7,9-10,12-13,16-17H,1-5,8,11,14-15H2,(H,25,26)(H,27,31). The Balaban J connectivity index is 1.39. The third-order valence-corrected chi connectivity index (χ3v) is 6.24. The summed E-state index contributed by atoms with van der Waals surface area (Å²) >= 11 is 1.67. The summed E-state index contributed by atoms with van der Waals surface area (Å²) in [6, 6.07) is 4.11. The van der Waals surface area contributed by atoms with E-state index in [0.29, 0.717) is 12.1 Å². The fourth-order valence-electron chi connectivity index (χ4n) is 3.65. The molecule has 1 saturated heterocycles. The maximum atomic E-state index is 12.3. The van der Waals surface area contributed by atoms with Gasteiger partial charge in [0.15, 0.2) is 5.82 Å². The normalized spacial score (nSPS) is 14.1. The minimum Gasteiger partial charge on any atom is -0.355 e. The van der Waals surface area contributed by atoms with E-state index in [9.17, 15) is 4.79 Å². The number of imidazole rings is 1. The number of aryl methyl sites for hydroxylation is 1. The fraction of sp³-hybridized carbons (Fsp3) is 0.333. The average Bonchev–Trinajstić information content (AvgIpc) is 3.55. The van der Waals surface area contributed by atoms with Crippen LogP contribution in [-0.4, -0.2) is 45.5 Å². The Morgan fingerprint density at radius 2 is 2.16 bits per heavy atom. The van der Waals surface area contributed by atoms with Gasteiger partial charge in [0.25, 0.3) is 5.91 Å². The molecule has 2 N–H and O–H groups in total. The topological polar surface area (TPSA) is 86.8 Å². The summed E-state index contributed by atoms with van der Waals surface area (Å²) in [6.07, 6.45) is 14.0. The van der Waals surface area contributed by atoms with E-state index in [1.807, 2.05) is 12.1 Å². The molecule has 1 aliphatic heterocycles. The van der Waals surface area contributed by atoms with Crippen LogP contribution in [0.4, 0.5) is 5.82 Å². The Morgan fingerprint density at radius 1 is 1.28 bits per heavy atom. The van der Waals surface area contributed by atoms with Crippen LogP contribution in [-0.2, 0) is 11.2 Å². The van der Waals surface area contributed by atoms with Crippen molar-refractivity contribution < 1.29 is 4.79 Å². The third-order valence-electron chi connectivity index (χ3n) is 5.36. The molecule has 0 spiro atoms. The molecule has 0 bridgehead atoms. The van der Waals surface area contributed by atoms with Gasteiger partial charge in [-0.3, -0.25) is 4.79 Å². The van der Waals surface area contributed by atoms with E-state index < -0.39 is 0 Å². The predicted molar refractivity (Wildman–Crippen MR) is 130 cm³/mol. The van der Waals surface area contributed by atoms with Crippen molar-refractivity contribution in [2.24, 2.45) is 0 Å². The van der Waals surface area contributed by atoms with Crippen molar-refractivity contribution in [2.75, 3.05) is 24.5 Å². The highest BCUT2D eigenvalue weighted by molar-refractivity contribution is 7.13. The van der Waals surface area contributed by atoms with E-state index in [4.69, 9.17) is 9.97 Å². The number of nitrogens with zero attached hydrogens (tertiary/aromatic N) is 4. The predicted octanol–water partition coefficient (Wildman–Crippen LogP) is 4.24. The maximum absolute atomic E-state index is 12.3. The van der Waals surface area contributed by atoms with Crippen molar-refractivity contribution in [1.82, 2.24) is 25.3 Å². The van der Waals surface area contributed by atoms with Gasteiger partial charge in [0.1, 0.15) is 11.5 Å². The van der Waals surface area contributed by atoms with Gasteiger partial charge in [-0.1, -0.05) is 12.6 Å². The Labute approximate surface area is 192 Å². The molecular weight excluding hydrogens is 420 g/mol. The van der Waals surface area contributed by atoms with Gasteiger partial charge in [-0.15, -0.1) is 11.3 Å². The van der Waals surface area contributed by atoms with Crippen molar-refractivity contribution in [2.45, 2.75) is 32.1 Å². The summed E-state index contributed by atoms with van der Waals surface area (Å²) in [7, 11) is 0. The SMILES string of the molecule is C=C(C=Cc1cnc(-c2cccs2)c(N2CCCCC2)n1)C(=O)NCCCc1ncc[nH]1. The molecule has 0 aromatic carbocycles. The van der Waals surface area contributed by atoms with Crippen molar-refractivity contribution >= 4 is 29.1 Å². The highest BCUT2D eigenvalue weighted by atomic mass is 32.1. The van der Waals surface area contributed by atoms with E-state index in [1.165, 1.54) is 19.3 Å². The molecule has 0 atom stereocenters. The molecule has 0 radical (unpaired) electrons. The lowest BCUT2D eigenvalue weighted by Gasteiger charge is -2.29. The summed E-state index contributed by atoms with van der Waals surface area (Å²) < 4.78 is 0. The Bertz CT molecular complexity index is 1050. The van der Waals surface area contributed by atoms with E-state index in [-0.39, 0.29) is 5.91 Å². The molecule has 0 unspecified atom stereocenters. The molecule has 4 rings (SSSR count). The fourth-order valence-corrected chi connectivity index (χ4v) is 4.37. The van der Waals surface area contributed by atoms with Gasteiger partial charge < -0.3 is 15.2 Å². The second kappa shape index (κ2) is 10.9. The highest BCUT2D eigenvalue weighted by Gasteiger charge is 2.19. The molecule has 1 aliphatic rings. The highest BCUT2D eigenvalue weighted by Crippen LogP contribution is 2.32. The largest absolute Gasteiger partial charge is 0.355 e. The quantitative estimate of drug-likeness (QED) is 0.291. The van der Waals surface area contributed by atoms with Crippen LogP contribution < -0.4 is 10.2 Å². The van der Waals surface area contributed by atoms with Gasteiger partial charge in [0.05, 0.1) is 16.8 Å². The maximum Gasteiger partial charge on any atom is 0.250 e. The second-order valence-electron chi connectivity index (χ2n) is 7.75. The number of aromatic nitrogens is 4. The molecule has 0 aliphatic carbocycles. The zero-order valence-electron chi connectivity index (χ0n) is 18.1. The van der Waals surface area contributed by atoms with Crippen molar-refractivity contribution in [3.8, 4) is 10.6 Å². The molecule has 32 heavy (non-hydrogen) atoms. The summed E-state index contributed by atoms with van der Waals surface area (Å²) in [5.74, 6) is 1.66. The molecule has 0 saturated carbocycles. The molecule has 4 heterocycles. The van der Waals surface area contributed by atoms with Crippen LogP contribution in [0.5, 0.6) is 0 Å². The van der Waals surface area contributed by atoms with Crippen molar-refractivity contribution in [3.63, 3.8) is 0 Å². The van der Waals surface area contributed by atoms with Crippen LogP contribution in [0.2, 0.25) is 0 Å². The first-order valence-corrected chi connectivity index (χ1v) is 11.9. The number of hydrogen-bond donors (Lipinski definition) is 2. The number of carbonyl (C=O) groups is 1. The number of H-pyrrole nitrogens is 1. The van der Waals surface area contributed by atoms with Gasteiger partial charge >= 0.3 is 0 Å². The van der Waals surface area contributed by atoms with Crippen LogP contribution in [0.1, 0.15) is 37.2 Å². The number of rotatable bonds is 9. The van der Waals surface area contributed by atoms with E-state index >= 15 is 0 Å². The first-order valence-electron chi connectivity index (χ1n) is 11.0. The average molecular weight is 449 g/mol. The number of hydrogen-bond acceptors (Lipinski definition) is 6. The van der Waals surface area contributed by atoms with Crippen LogP contribution in [0.25, 0.3) is 16.6 Å². The van der Waals surface area contributed by atoms with Gasteiger partial charge in [-0.25, -0.2) is 15.0 Å². The number of amides is 1. The lowest BCUT2D eigenvalue weighted by Crippen LogP contribution is -2.31. The Kier molecular flexibility index (Phi) is 7.45. The van der Waals surface area contributed by atoms with Crippen molar-refractivity contribution in [3.05, 3.63) is 65.8 Å². The smallest absolute Gasteiger partial charge is 0.250 e. The lowest BCUT2D eigenvalue weighted by molar-refractivity contribution is -0.117. The lowest BCUT2D eigenvalue weighted by atomic mass is 10.1. The first-order chi connectivity index (χ1) is 15.7.